The number of oxime groups is 1. The van der Waals surface area contributed by atoms with E-state index >= 15 is 0 Å². The highest BCUT2D eigenvalue weighted by atomic mass is 32.2. The Kier molecular flexibility index (Phi) is 17.0. The topological polar surface area (TPSA) is 228 Å². The minimum atomic E-state index is -1.37. The predicted octanol–water partition coefficient (Wildman–Crippen LogP) is 8.75. The van der Waals surface area contributed by atoms with Crippen LogP contribution in [0.2, 0.25) is 0 Å². The lowest BCUT2D eigenvalue weighted by molar-refractivity contribution is -0.162. The van der Waals surface area contributed by atoms with Crippen LogP contribution in [0.4, 0.5) is 5.13 Å². The number of carboxylic acids is 1. The zero-order valence-corrected chi connectivity index (χ0v) is 44.6. The van der Waals surface area contributed by atoms with E-state index < -0.39 is 63.6 Å². The first kappa shape index (κ1) is 53.4. The molecule has 0 radical (unpaired) electrons. The number of aromatic hydroxyl groups is 1. The number of thioether (sulfide) groups is 3. The minimum Gasteiger partial charge on any atom is -0.497 e. The number of benzene rings is 4. The highest BCUT2D eigenvalue weighted by molar-refractivity contribution is 8.02. The average Bonchev–Trinajstić information content (AvgIpc) is 4.03. The summed E-state index contributed by atoms with van der Waals surface area (Å²) in [6.07, 6.45) is 0. The van der Waals surface area contributed by atoms with Gasteiger partial charge in [-0.25, -0.2) is 19.4 Å². The predicted molar refractivity (Wildman–Crippen MR) is 287 cm³/mol. The highest BCUT2D eigenvalue weighted by Crippen LogP contribution is 2.44. The number of rotatable bonds is 21. The molecule has 2 aromatic heterocycles. The van der Waals surface area contributed by atoms with Crippen LogP contribution in [0.3, 0.4) is 0 Å². The molecular weight excluding hydrogens is 1040 g/mol. The van der Waals surface area contributed by atoms with Crippen LogP contribution in [0.25, 0.3) is 0 Å². The maximum Gasteiger partial charge on any atom is 0.361 e. The lowest BCUT2D eigenvalue weighted by atomic mass is 9.77. The number of nitrogens with one attached hydrogen (secondary N) is 2. The molecule has 2 aliphatic heterocycles. The number of ether oxygens (including phenoxy) is 3. The summed E-state index contributed by atoms with van der Waals surface area (Å²) >= 11 is 5.42. The molecule has 8 rings (SSSR count). The van der Waals surface area contributed by atoms with Crippen LogP contribution in [0, 0.1) is 0 Å². The standard InChI is InChI=1S/C52H50N6O11S5/c1-6-70-48(47(65)68-51(2,3)4)69-56-38(36-29-73-50(53-36)55-52(32-16-10-7-11-17-32,33-18-12-8-13-19-33)34-20-14-9-15-21-34)42(60)54-39-43(61)58-40(46(64)67-26-30-22-24-35(66-5)25-23-30)31(27-71-44(39)58)28-72-49-37(45(62)63)41(59)57-74-49/h7-25,29,39,44,48H,6,26-28H2,1-5H3,(H,53,55)(H,54,60)(H,57,59)(H,62,63)/b56-38-/t39-,44+,48-/m1/s1. The van der Waals surface area contributed by atoms with Gasteiger partial charge in [-0.1, -0.05) is 115 Å². The number of fused-ring (bicyclic) bond motifs is 1. The minimum absolute atomic E-state index is 0.0401. The summed E-state index contributed by atoms with van der Waals surface area (Å²) < 4.78 is 20.6. The van der Waals surface area contributed by atoms with E-state index in [1.165, 1.54) is 35.1 Å². The van der Waals surface area contributed by atoms with Crippen LogP contribution in [-0.2, 0) is 45.6 Å². The van der Waals surface area contributed by atoms with Crippen LogP contribution >= 0.6 is 58.2 Å². The van der Waals surface area contributed by atoms with Crippen LogP contribution < -0.4 is 15.4 Å². The Hall–Kier alpha value is -6.85. The van der Waals surface area contributed by atoms with Crippen molar-refractivity contribution in [2.75, 3.05) is 29.7 Å². The van der Waals surface area contributed by atoms with Crippen LogP contribution in [-0.4, -0.2) is 107 Å². The van der Waals surface area contributed by atoms with Gasteiger partial charge in [-0.3, -0.25) is 14.5 Å². The molecule has 0 bridgehead atoms. The Bertz CT molecular complexity index is 2960. The molecule has 4 N–H and O–H groups in total. The zero-order chi connectivity index (χ0) is 52.6. The van der Waals surface area contributed by atoms with Gasteiger partial charge in [0.25, 0.3) is 17.3 Å². The molecule has 4 heterocycles. The van der Waals surface area contributed by atoms with Crippen molar-refractivity contribution < 1.29 is 53.2 Å². The monoisotopic (exact) mass is 1090 g/mol. The van der Waals surface area contributed by atoms with Crippen molar-refractivity contribution in [2.45, 2.75) is 66.5 Å². The van der Waals surface area contributed by atoms with Gasteiger partial charge in [-0.05, 0) is 78.0 Å². The molecule has 17 nitrogen and oxygen atoms in total. The number of aromatic nitrogens is 2. The fourth-order valence-corrected chi connectivity index (χ4v) is 12.7. The lowest BCUT2D eigenvalue weighted by Gasteiger charge is -2.49. The maximum atomic E-state index is 14.8. The lowest BCUT2D eigenvalue weighted by Crippen LogP contribution is -2.71. The number of β-lactam (4-membered cyclic amide) rings is 1. The smallest absolute Gasteiger partial charge is 0.361 e. The third kappa shape index (κ3) is 11.9. The number of methoxy groups -OCH3 is 1. The zero-order valence-electron chi connectivity index (χ0n) is 40.5. The normalized spacial score (nSPS) is 16.1. The van der Waals surface area contributed by atoms with Crippen molar-refractivity contribution in [1.82, 2.24) is 19.6 Å². The van der Waals surface area contributed by atoms with Gasteiger partial charge < -0.3 is 39.9 Å². The number of nitrogens with zero attached hydrogens (tertiary/aromatic N) is 4. The van der Waals surface area contributed by atoms with Crippen molar-refractivity contribution in [3.8, 4) is 11.6 Å². The molecule has 0 aliphatic carbocycles. The summed E-state index contributed by atoms with van der Waals surface area (Å²) in [6.45, 7) is 6.84. The summed E-state index contributed by atoms with van der Waals surface area (Å²) in [5.41, 5.74) is 0.0186. The number of anilines is 1. The van der Waals surface area contributed by atoms with Crippen LogP contribution in [0.1, 0.15) is 66.0 Å². The van der Waals surface area contributed by atoms with E-state index in [1.807, 2.05) is 97.9 Å². The number of carboxylic acid groups (broad SMARTS) is 1. The molecular formula is C52H50N6O11S5. The molecule has 74 heavy (non-hydrogen) atoms. The third-order valence-electron chi connectivity index (χ3n) is 11.3. The van der Waals surface area contributed by atoms with Crippen LogP contribution in [0.15, 0.2) is 141 Å². The summed E-state index contributed by atoms with van der Waals surface area (Å²) in [5, 5.41) is 31.9. The second-order valence-corrected chi connectivity index (χ2v) is 22.7. The average molecular weight is 1100 g/mol. The largest absolute Gasteiger partial charge is 0.497 e. The van der Waals surface area contributed by atoms with E-state index in [1.54, 1.807) is 50.4 Å². The molecule has 0 saturated carbocycles. The van der Waals surface area contributed by atoms with Gasteiger partial charge in [0.05, 0.1) is 11.3 Å². The van der Waals surface area contributed by atoms with Crippen LogP contribution in [0.5, 0.6) is 11.6 Å². The van der Waals surface area contributed by atoms with E-state index in [4.69, 9.17) is 24.0 Å². The second-order valence-electron chi connectivity index (χ2n) is 17.4. The number of hydrogen-bond donors (Lipinski definition) is 4. The van der Waals surface area contributed by atoms with Gasteiger partial charge in [0.1, 0.15) is 51.9 Å². The molecule has 1 saturated heterocycles. The first-order chi connectivity index (χ1) is 35.6. The Morgan fingerprint density at radius 1 is 0.919 bits per heavy atom. The van der Waals surface area contributed by atoms with E-state index in [9.17, 15) is 34.2 Å². The van der Waals surface area contributed by atoms with Gasteiger partial charge in [0.2, 0.25) is 5.88 Å². The number of amides is 2. The van der Waals surface area contributed by atoms with E-state index in [0.29, 0.717) is 27.8 Å². The van der Waals surface area contributed by atoms with Gasteiger partial charge in [-0.15, -0.1) is 46.6 Å². The molecule has 2 amide bonds. The van der Waals surface area contributed by atoms with Gasteiger partial charge >= 0.3 is 17.9 Å². The number of aromatic carboxylic acids is 1. The van der Waals surface area contributed by atoms with Gasteiger partial charge in [0.15, 0.2) is 10.8 Å². The molecule has 6 aromatic rings. The molecule has 22 heteroatoms. The molecule has 0 unspecified atom stereocenters. The van der Waals surface area contributed by atoms with E-state index in [2.05, 4.69) is 20.2 Å². The van der Waals surface area contributed by atoms with Crippen molar-refractivity contribution in [2.24, 2.45) is 5.16 Å². The first-order valence-corrected chi connectivity index (χ1v) is 27.7. The van der Waals surface area contributed by atoms with Crippen molar-refractivity contribution in [1.29, 1.82) is 0 Å². The number of carbonyl (C=O) groups excluding carboxylic acids is 4. The quantitative estimate of drug-likeness (QED) is 0.0100. The molecule has 3 atom stereocenters. The van der Waals surface area contributed by atoms with E-state index in [-0.39, 0.29) is 45.0 Å². The summed E-state index contributed by atoms with van der Waals surface area (Å²) in [6, 6.07) is 35.4. The highest BCUT2D eigenvalue weighted by Gasteiger charge is 2.55. The second kappa shape index (κ2) is 23.6. The van der Waals surface area contributed by atoms with Gasteiger partial charge in [0, 0.05) is 16.9 Å². The molecule has 1 fully saturated rings. The fraction of sp³-hybridized carbons (Fsp3) is 0.269. The van der Waals surface area contributed by atoms with E-state index in [0.717, 1.165) is 51.7 Å². The number of hydrogen-bond acceptors (Lipinski definition) is 19. The Balaban J connectivity index is 1.11. The maximum absolute atomic E-state index is 14.8. The number of carbonyl (C=O) groups is 5. The Morgan fingerprint density at radius 3 is 2.11 bits per heavy atom. The van der Waals surface area contributed by atoms with Gasteiger partial charge in [-0.2, -0.15) is 4.37 Å². The number of esters is 2. The molecule has 384 valence electrons. The first-order valence-electron chi connectivity index (χ1n) is 22.9. The van der Waals surface area contributed by atoms with Crippen molar-refractivity contribution >= 4 is 98.7 Å². The third-order valence-corrected chi connectivity index (χ3v) is 16.5. The SMILES string of the molecule is CCS[C@@H](O/N=C(\C(=O)N[C@@H]1C(=O)N2C(C(=O)OCc3ccc(OC)cc3)=C(CSc3snc(O)c3C(=O)O)CS[C@@H]12)c1csc(NC(c2ccccc2)(c2ccccc2)c2ccccc2)n1)C(=O)OC(C)(C)C. The van der Waals surface area contributed by atoms with Crippen molar-refractivity contribution in [3.05, 3.63) is 165 Å². The summed E-state index contributed by atoms with van der Waals surface area (Å²) in [5.74, 6) is -3.77. The summed E-state index contributed by atoms with van der Waals surface area (Å²) in [7, 11) is 1.53. The molecule has 4 aromatic carbocycles. The fourth-order valence-electron chi connectivity index (χ4n) is 7.96. The van der Waals surface area contributed by atoms with Crippen molar-refractivity contribution in [3.63, 3.8) is 0 Å². The molecule has 2 aliphatic rings. The Labute approximate surface area is 447 Å². The molecule has 0 spiro atoms. The summed E-state index contributed by atoms with van der Waals surface area (Å²) in [4.78, 5) is 80.7. The Morgan fingerprint density at radius 2 is 1.54 bits per heavy atom. The number of thiazole rings is 1.